The van der Waals surface area contributed by atoms with Crippen LogP contribution >= 0.6 is 11.3 Å². The Labute approximate surface area is 130 Å². The Morgan fingerprint density at radius 2 is 2.43 bits per heavy atom. The molecule has 0 saturated carbocycles. The molecule has 2 heterocycles. The normalized spacial score (nSPS) is 20.2. The van der Waals surface area contributed by atoms with Gasteiger partial charge in [0.15, 0.2) is 5.13 Å². The van der Waals surface area contributed by atoms with Gasteiger partial charge in [0.1, 0.15) is 0 Å². The molecule has 0 bridgehead atoms. The molecule has 1 amide bonds. The SMILES string of the molecule is CCCNC(C)c1csc(NC(=O)CC2CCCCO2)n1. The largest absolute Gasteiger partial charge is 0.378 e. The van der Waals surface area contributed by atoms with Crippen LogP contribution in [0.25, 0.3) is 0 Å². The van der Waals surface area contributed by atoms with Gasteiger partial charge >= 0.3 is 0 Å². The maximum Gasteiger partial charge on any atom is 0.228 e. The maximum absolute atomic E-state index is 12.0. The van der Waals surface area contributed by atoms with Crippen molar-refractivity contribution in [1.29, 1.82) is 0 Å². The van der Waals surface area contributed by atoms with Crippen molar-refractivity contribution in [3.63, 3.8) is 0 Å². The van der Waals surface area contributed by atoms with Gasteiger partial charge in [-0.2, -0.15) is 0 Å². The highest BCUT2D eigenvalue weighted by Gasteiger charge is 2.18. The molecule has 21 heavy (non-hydrogen) atoms. The van der Waals surface area contributed by atoms with E-state index in [1.165, 1.54) is 11.3 Å². The molecule has 2 unspecified atom stereocenters. The van der Waals surface area contributed by atoms with Crippen LogP contribution < -0.4 is 10.6 Å². The van der Waals surface area contributed by atoms with Gasteiger partial charge in [0.25, 0.3) is 0 Å². The summed E-state index contributed by atoms with van der Waals surface area (Å²) in [4.78, 5) is 16.5. The lowest BCUT2D eigenvalue weighted by Gasteiger charge is -2.21. The van der Waals surface area contributed by atoms with Crippen LogP contribution in [-0.2, 0) is 9.53 Å². The summed E-state index contributed by atoms with van der Waals surface area (Å²) in [5.41, 5.74) is 0.984. The molecule has 1 aromatic rings. The van der Waals surface area contributed by atoms with Crippen LogP contribution in [0, 0.1) is 0 Å². The van der Waals surface area contributed by atoms with Gasteiger partial charge in [-0.1, -0.05) is 6.92 Å². The monoisotopic (exact) mass is 311 g/mol. The van der Waals surface area contributed by atoms with Crippen molar-refractivity contribution < 1.29 is 9.53 Å². The van der Waals surface area contributed by atoms with Crippen LogP contribution in [0.3, 0.4) is 0 Å². The predicted molar refractivity (Wildman–Crippen MR) is 85.7 cm³/mol. The van der Waals surface area contributed by atoms with Gasteiger partial charge in [-0.25, -0.2) is 4.98 Å². The minimum atomic E-state index is -0.00281. The zero-order valence-electron chi connectivity index (χ0n) is 12.9. The van der Waals surface area contributed by atoms with Gasteiger partial charge in [0, 0.05) is 18.0 Å². The Hall–Kier alpha value is -0.980. The lowest BCUT2D eigenvalue weighted by Crippen LogP contribution is -2.25. The van der Waals surface area contributed by atoms with E-state index in [-0.39, 0.29) is 18.1 Å². The molecule has 1 fully saturated rings. The lowest BCUT2D eigenvalue weighted by atomic mass is 10.1. The second-order valence-electron chi connectivity index (χ2n) is 5.49. The Kier molecular flexibility index (Phi) is 6.60. The van der Waals surface area contributed by atoms with E-state index in [1.54, 1.807) is 0 Å². The summed E-state index contributed by atoms with van der Waals surface area (Å²) in [5, 5.41) is 8.95. The standard InChI is InChI=1S/C15H25N3O2S/c1-3-7-16-11(2)13-10-21-15(17-13)18-14(19)9-12-6-4-5-8-20-12/h10-12,16H,3-9H2,1-2H3,(H,17,18,19). The minimum absolute atomic E-state index is 0.00281. The molecular weight excluding hydrogens is 286 g/mol. The molecule has 5 nitrogen and oxygen atoms in total. The number of amides is 1. The Balaban J connectivity index is 1.79. The molecule has 1 saturated heterocycles. The number of anilines is 1. The van der Waals surface area contributed by atoms with Gasteiger partial charge in [-0.3, -0.25) is 4.79 Å². The molecule has 2 atom stereocenters. The number of carbonyl (C=O) groups excluding carboxylic acids is 1. The van der Waals surface area contributed by atoms with E-state index in [0.29, 0.717) is 11.6 Å². The number of rotatable bonds is 7. The number of hydrogen-bond acceptors (Lipinski definition) is 5. The predicted octanol–water partition coefficient (Wildman–Crippen LogP) is 3.10. The third kappa shape index (κ3) is 5.37. The van der Waals surface area contributed by atoms with Gasteiger partial charge in [-0.15, -0.1) is 11.3 Å². The molecular formula is C15H25N3O2S. The highest BCUT2D eigenvalue weighted by Crippen LogP contribution is 2.22. The van der Waals surface area contributed by atoms with Crippen molar-refractivity contribution in [2.45, 2.75) is 58.1 Å². The van der Waals surface area contributed by atoms with E-state index in [9.17, 15) is 4.79 Å². The molecule has 0 spiro atoms. The van der Waals surface area contributed by atoms with E-state index in [2.05, 4.69) is 29.5 Å². The van der Waals surface area contributed by atoms with Gasteiger partial charge in [0.2, 0.25) is 5.91 Å². The zero-order valence-corrected chi connectivity index (χ0v) is 13.7. The summed E-state index contributed by atoms with van der Waals surface area (Å²) in [5.74, 6) is -0.00281. The number of nitrogens with zero attached hydrogens (tertiary/aromatic N) is 1. The van der Waals surface area contributed by atoms with Crippen LogP contribution in [0.4, 0.5) is 5.13 Å². The first-order chi connectivity index (χ1) is 10.2. The molecule has 6 heteroatoms. The first-order valence-electron chi connectivity index (χ1n) is 7.79. The van der Waals surface area contributed by atoms with E-state index in [1.807, 2.05) is 5.38 Å². The number of ether oxygens (including phenoxy) is 1. The van der Waals surface area contributed by atoms with Crippen molar-refractivity contribution in [2.75, 3.05) is 18.5 Å². The van der Waals surface area contributed by atoms with Crippen molar-refractivity contribution in [3.05, 3.63) is 11.1 Å². The van der Waals surface area contributed by atoms with Crippen LogP contribution in [0.5, 0.6) is 0 Å². The zero-order chi connectivity index (χ0) is 15.1. The quantitative estimate of drug-likeness (QED) is 0.812. The highest BCUT2D eigenvalue weighted by molar-refractivity contribution is 7.13. The second kappa shape index (κ2) is 8.46. The molecule has 2 N–H and O–H groups in total. The van der Waals surface area contributed by atoms with E-state index >= 15 is 0 Å². The topological polar surface area (TPSA) is 63.2 Å². The average Bonchev–Trinajstić information content (AvgIpc) is 2.94. The molecule has 1 aromatic heterocycles. The number of aromatic nitrogens is 1. The Morgan fingerprint density at radius 1 is 1.57 bits per heavy atom. The fraction of sp³-hybridized carbons (Fsp3) is 0.733. The summed E-state index contributed by atoms with van der Waals surface area (Å²) < 4.78 is 5.59. The summed E-state index contributed by atoms with van der Waals surface area (Å²) in [7, 11) is 0. The molecule has 1 aliphatic rings. The Morgan fingerprint density at radius 3 is 3.14 bits per heavy atom. The van der Waals surface area contributed by atoms with E-state index < -0.39 is 0 Å². The van der Waals surface area contributed by atoms with Crippen molar-refractivity contribution >= 4 is 22.4 Å². The molecule has 0 radical (unpaired) electrons. The molecule has 118 valence electrons. The Bertz CT molecular complexity index is 444. The van der Waals surface area contributed by atoms with Crippen molar-refractivity contribution in [3.8, 4) is 0 Å². The molecule has 2 rings (SSSR count). The van der Waals surface area contributed by atoms with Crippen LogP contribution in [0.15, 0.2) is 5.38 Å². The molecule has 0 aliphatic carbocycles. The summed E-state index contributed by atoms with van der Waals surface area (Å²) in [6.07, 6.45) is 4.84. The van der Waals surface area contributed by atoms with Gasteiger partial charge in [0.05, 0.1) is 18.2 Å². The second-order valence-corrected chi connectivity index (χ2v) is 6.35. The van der Waals surface area contributed by atoms with E-state index in [4.69, 9.17) is 4.74 Å². The summed E-state index contributed by atoms with van der Waals surface area (Å²) in [6, 6.07) is 0.216. The summed E-state index contributed by atoms with van der Waals surface area (Å²) in [6.45, 7) is 5.98. The van der Waals surface area contributed by atoms with Crippen molar-refractivity contribution in [2.24, 2.45) is 0 Å². The van der Waals surface area contributed by atoms with Crippen molar-refractivity contribution in [1.82, 2.24) is 10.3 Å². The molecule has 1 aliphatic heterocycles. The van der Waals surface area contributed by atoms with Gasteiger partial charge in [-0.05, 0) is 39.2 Å². The number of carbonyl (C=O) groups is 1. The smallest absolute Gasteiger partial charge is 0.228 e. The third-order valence-electron chi connectivity index (χ3n) is 3.60. The lowest BCUT2D eigenvalue weighted by molar-refractivity contribution is -0.119. The van der Waals surface area contributed by atoms with Crippen LogP contribution in [0.2, 0.25) is 0 Å². The van der Waals surface area contributed by atoms with Crippen LogP contribution in [-0.4, -0.2) is 30.1 Å². The molecule has 0 aromatic carbocycles. The summed E-state index contributed by atoms with van der Waals surface area (Å²) >= 11 is 1.48. The number of hydrogen-bond donors (Lipinski definition) is 2. The van der Waals surface area contributed by atoms with Gasteiger partial charge < -0.3 is 15.4 Å². The van der Waals surface area contributed by atoms with E-state index in [0.717, 1.165) is 44.5 Å². The third-order valence-corrected chi connectivity index (χ3v) is 4.38. The first-order valence-corrected chi connectivity index (χ1v) is 8.67. The highest BCUT2D eigenvalue weighted by atomic mass is 32.1. The maximum atomic E-state index is 12.0. The first kappa shape index (κ1) is 16.4. The van der Waals surface area contributed by atoms with Crippen LogP contribution in [0.1, 0.15) is 57.7 Å². The fourth-order valence-electron chi connectivity index (χ4n) is 2.35. The average molecular weight is 311 g/mol. The minimum Gasteiger partial charge on any atom is -0.378 e. The number of nitrogens with one attached hydrogen (secondary N) is 2. The fourth-order valence-corrected chi connectivity index (χ4v) is 3.17. The number of thiazole rings is 1.